The molecule has 1 N–H and O–H groups in total. The highest BCUT2D eigenvalue weighted by Gasteiger charge is 2.32. The van der Waals surface area contributed by atoms with Gasteiger partial charge >= 0.3 is 6.03 Å². The summed E-state index contributed by atoms with van der Waals surface area (Å²) in [6.45, 7) is 2.59. The van der Waals surface area contributed by atoms with Crippen LogP contribution in [0.25, 0.3) is 0 Å². The molecular weight excluding hydrogens is 294 g/mol. The lowest BCUT2D eigenvalue weighted by atomic mass is 10.1. The van der Waals surface area contributed by atoms with Crippen LogP contribution in [0.15, 0.2) is 28.9 Å². The summed E-state index contributed by atoms with van der Waals surface area (Å²) in [6, 6.07) is 5.43. The van der Waals surface area contributed by atoms with E-state index >= 15 is 0 Å². The number of hydrogen-bond donors (Lipinski definition) is 1. The van der Waals surface area contributed by atoms with E-state index in [0.717, 1.165) is 30.1 Å². The van der Waals surface area contributed by atoms with Crippen LogP contribution in [-0.4, -0.2) is 41.7 Å². The maximum atomic E-state index is 12.5. The minimum Gasteiger partial charge on any atom is -0.363 e. The van der Waals surface area contributed by atoms with E-state index in [2.05, 4.69) is 15.5 Å². The number of nitrogens with one attached hydrogen (secondary N) is 1. The normalized spacial score (nSPS) is 17.3. The third-order valence-electron chi connectivity index (χ3n) is 3.95. The molecular formula is C16H21N5O2. The molecule has 0 aromatic carbocycles. The standard InChI is InChI=1S/C16H21N5O2/c1-11-9-14(23-19-11)13-5-4-8-21(13)16(22)18-12-6-7-15(17-10-12)20(2)3/h6-7,9-10,13H,4-5,8H2,1-3H3,(H,18,22)/t13-/m0/s1. The quantitative estimate of drug-likeness (QED) is 0.942. The van der Waals surface area contributed by atoms with Crippen molar-refractivity contribution in [3.05, 3.63) is 35.9 Å². The maximum Gasteiger partial charge on any atom is 0.322 e. The maximum absolute atomic E-state index is 12.5. The lowest BCUT2D eigenvalue weighted by Gasteiger charge is -2.23. The van der Waals surface area contributed by atoms with E-state index in [0.29, 0.717) is 12.2 Å². The number of urea groups is 1. The fourth-order valence-corrected chi connectivity index (χ4v) is 2.77. The van der Waals surface area contributed by atoms with Gasteiger partial charge in [0.25, 0.3) is 0 Å². The van der Waals surface area contributed by atoms with Gasteiger partial charge in [-0.25, -0.2) is 9.78 Å². The molecule has 1 aliphatic heterocycles. The van der Waals surface area contributed by atoms with Crippen molar-refractivity contribution in [2.45, 2.75) is 25.8 Å². The number of aromatic nitrogens is 2. The smallest absolute Gasteiger partial charge is 0.322 e. The third kappa shape index (κ3) is 3.28. The Hall–Kier alpha value is -2.57. The van der Waals surface area contributed by atoms with E-state index in [-0.39, 0.29) is 12.1 Å². The van der Waals surface area contributed by atoms with Crippen molar-refractivity contribution >= 4 is 17.5 Å². The SMILES string of the molecule is Cc1cc([C@@H]2CCCN2C(=O)Nc2ccc(N(C)C)nc2)on1. The van der Waals surface area contributed by atoms with Gasteiger partial charge in [-0.15, -0.1) is 0 Å². The number of pyridine rings is 1. The first-order valence-corrected chi connectivity index (χ1v) is 7.69. The second kappa shape index (κ2) is 6.28. The summed E-state index contributed by atoms with van der Waals surface area (Å²) in [5.41, 5.74) is 1.51. The Morgan fingerprint density at radius 1 is 1.43 bits per heavy atom. The van der Waals surface area contributed by atoms with Gasteiger partial charge in [-0.1, -0.05) is 5.16 Å². The molecule has 2 aromatic rings. The van der Waals surface area contributed by atoms with Gasteiger partial charge in [-0.3, -0.25) is 0 Å². The van der Waals surface area contributed by atoms with E-state index in [1.807, 2.05) is 44.1 Å². The number of aryl methyl sites for hydroxylation is 1. The lowest BCUT2D eigenvalue weighted by Crippen LogP contribution is -2.34. The highest BCUT2D eigenvalue weighted by atomic mass is 16.5. The van der Waals surface area contributed by atoms with Crippen LogP contribution in [0.1, 0.15) is 30.3 Å². The molecule has 1 atom stereocenters. The van der Waals surface area contributed by atoms with Gasteiger partial charge in [0.15, 0.2) is 5.76 Å². The molecule has 0 spiro atoms. The molecule has 1 saturated heterocycles. The number of hydrogen-bond acceptors (Lipinski definition) is 5. The first kappa shape index (κ1) is 15.3. The Morgan fingerprint density at radius 2 is 2.26 bits per heavy atom. The van der Waals surface area contributed by atoms with E-state index in [9.17, 15) is 4.79 Å². The van der Waals surface area contributed by atoms with Crippen LogP contribution < -0.4 is 10.2 Å². The lowest BCUT2D eigenvalue weighted by molar-refractivity contribution is 0.195. The van der Waals surface area contributed by atoms with Gasteiger partial charge in [0, 0.05) is 26.7 Å². The molecule has 7 heteroatoms. The van der Waals surface area contributed by atoms with Crippen molar-refractivity contribution in [1.82, 2.24) is 15.0 Å². The Balaban J connectivity index is 1.69. The highest BCUT2D eigenvalue weighted by molar-refractivity contribution is 5.89. The molecule has 2 aromatic heterocycles. The topological polar surface area (TPSA) is 74.5 Å². The van der Waals surface area contributed by atoms with E-state index < -0.39 is 0 Å². The summed E-state index contributed by atoms with van der Waals surface area (Å²) in [7, 11) is 3.85. The molecule has 0 radical (unpaired) electrons. The average Bonchev–Trinajstić information content (AvgIpc) is 3.16. The molecule has 2 amide bonds. The molecule has 0 unspecified atom stereocenters. The Kier molecular flexibility index (Phi) is 4.18. The Bertz CT molecular complexity index is 680. The molecule has 3 heterocycles. The van der Waals surface area contributed by atoms with E-state index in [1.54, 1.807) is 11.1 Å². The van der Waals surface area contributed by atoms with Crippen LogP contribution in [0, 0.1) is 6.92 Å². The first-order chi connectivity index (χ1) is 11.0. The number of nitrogens with zero attached hydrogens (tertiary/aromatic N) is 4. The first-order valence-electron chi connectivity index (χ1n) is 7.69. The monoisotopic (exact) mass is 315 g/mol. The van der Waals surface area contributed by atoms with Crippen molar-refractivity contribution in [3.8, 4) is 0 Å². The molecule has 122 valence electrons. The number of amides is 2. The van der Waals surface area contributed by atoms with Gasteiger partial charge in [0.05, 0.1) is 23.6 Å². The van der Waals surface area contributed by atoms with Crippen LogP contribution in [0.4, 0.5) is 16.3 Å². The summed E-state index contributed by atoms with van der Waals surface area (Å²) in [5.74, 6) is 1.59. The van der Waals surface area contributed by atoms with Gasteiger partial charge in [0.2, 0.25) is 0 Å². The zero-order valence-electron chi connectivity index (χ0n) is 13.6. The summed E-state index contributed by atoms with van der Waals surface area (Å²) in [5, 5.41) is 6.82. The molecule has 7 nitrogen and oxygen atoms in total. The number of carbonyl (C=O) groups excluding carboxylic acids is 1. The van der Waals surface area contributed by atoms with Gasteiger partial charge in [-0.2, -0.15) is 0 Å². The molecule has 0 aliphatic carbocycles. The molecule has 1 fully saturated rings. The van der Waals surface area contributed by atoms with Crippen LogP contribution in [0.3, 0.4) is 0 Å². The zero-order valence-corrected chi connectivity index (χ0v) is 13.6. The number of rotatable bonds is 3. The fraction of sp³-hybridized carbons (Fsp3) is 0.438. The minimum absolute atomic E-state index is 0.0507. The van der Waals surface area contributed by atoms with E-state index in [4.69, 9.17) is 4.52 Å². The molecule has 1 aliphatic rings. The van der Waals surface area contributed by atoms with Crippen molar-refractivity contribution in [2.75, 3.05) is 30.9 Å². The average molecular weight is 315 g/mol. The summed E-state index contributed by atoms with van der Waals surface area (Å²) < 4.78 is 5.33. The largest absolute Gasteiger partial charge is 0.363 e. The van der Waals surface area contributed by atoms with Crippen molar-refractivity contribution in [2.24, 2.45) is 0 Å². The highest BCUT2D eigenvalue weighted by Crippen LogP contribution is 2.32. The predicted molar refractivity (Wildman–Crippen MR) is 87.5 cm³/mol. The number of anilines is 2. The third-order valence-corrected chi connectivity index (χ3v) is 3.95. The van der Waals surface area contributed by atoms with Gasteiger partial charge < -0.3 is 19.6 Å². The molecule has 3 rings (SSSR count). The summed E-state index contributed by atoms with van der Waals surface area (Å²) in [4.78, 5) is 20.5. The number of likely N-dealkylation sites (tertiary alicyclic amines) is 1. The van der Waals surface area contributed by atoms with Crippen molar-refractivity contribution in [1.29, 1.82) is 0 Å². The minimum atomic E-state index is -0.138. The van der Waals surface area contributed by atoms with Gasteiger partial charge in [-0.05, 0) is 31.9 Å². The van der Waals surface area contributed by atoms with Crippen LogP contribution in [-0.2, 0) is 0 Å². The van der Waals surface area contributed by atoms with Crippen LogP contribution in [0.5, 0.6) is 0 Å². The fourth-order valence-electron chi connectivity index (χ4n) is 2.77. The number of carbonyl (C=O) groups is 1. The van der Waals surface area contributed by atoms with Gasteiger partial charge in [0.1, 0.15) is 5.82 Å². The van der Waals surface area contributed by atoms with Crippen molar-refractivity contribution in [3.63, 3.8) is 0 Å². The van der Waals surface area contributed by atoms with E-state index in [1.165, 1.54) is 0 Å². The molecule has 23 heavy (non-hydrogen) atoms. The second-order valence-corrected chi connectivity index (χ2v) is 5.95. The second-order valence-electron chi connectivity index (χ2n) is 5.95. The molecule has 0 bridgehead atoms. The predicted octanol–water partition coefficient (Wildman–Crippen LogP) is 2.81. The summed E-state index contributed by atoms with van der Waals surface area (Å²) >= 11 is 0. The Morgan fingerprint density at radius 3 is 2.87 bits per heavy atom. The van der Waals surface area contributed by atoms with Crippen LogP contribution >= 0.6 is 0 Å². The van der Waals surface area contributed by atoms with Crippen LogP contribution in [0.2, 0.25) is 0 Å². The Labute approximate surface area is 135 Å². The van der Waals surface area contributed by atoms with Crippen molar-refractivity contribution < 1.29 is 9.32 Å². The molecule has 0 saturated carbocycles. The zero-order chi connectivity index (χ0) is 16.4. The summed E-state index contributed by atoms with van der Waals surface area (Å²) in [6.07, 6.45) is 3.51.